The van der Waals surface area contributed by atoms with E-state index in [1.807, 2.05) is 48.5 Å². The van der Waals surface area contributed by atoms with Crippen LogP contribution in [0, 0.1) is 0 Å². The lowest BCUT2D eigenvalue weighted by atomic mass is 9.66. The number of aryl methyl sites for hydroxylation is 1. The highest BCUT2D eigenvalue weighted by molar-refractivity contribution is 5.52. The van der Waals surface area contributed by atoms with E-state index in [2.05, 4.69) is 0 Å². The Kier molecular flexibility index (Phi) is 6.04. The summed E-state index contributed by atoms with van der Waals surface area (Å²) in [4.78, 5) is 0. The minimum Gasteiger partial charge on any atom is -0.508 e. The van der Waals surface area contributed by atoms with Crippen LogP contribution in [-0.4, -0.2) is 20.4 Å². The van der Waals surface area contributed by atoms with Crippen molar-refractivity contribution in [3.05, 3.63) is 119 Å². The van der Waals surface area contributed by atoms with Gasteiger partial charge in [0.15, 0.2) is 0 Å². The van der Waals surface area contributed by atoms with Crippen molar-refractivity contribution in [3.8, 4) is 23.0 Å². The van der Waals surface area contributed by atoms with Gasteiger partial charge < -0.3 is 20.4 Å². The van der Waals surface area contributed by atoms with Crippen LogP contribution in [0.25, 0.3) is 0 Å². The van der Waals surface area contributed by atoms with Crippen LogP contribution in [0.15, 0.2) is 97.1 Å². The summed E-state index contributed by atoms with van der Waals surface area (Å²) < 4.78 is 0. The van der Waals surface area contributed by atoms with Gasteiger partial charge in [-0.2, -0.15) is 0 Å². The van der Waals surface area contributed by atoms with Crippen molar-refractivity contribution in [2.24, 2.45) is 0 Å². The zero-order valence-electron chi connectivity index (χ0n) is 17.6. The van der Waals surface area contributed by atoms with Crippen LogP contribution in [-0.2, 0) is 11.8 Å². The molecular weight excluding hydrogens is 400 g/mol. The second-order valence-corrected chi connectivity index (χ2v) is 8.07. The van der Waals surface area contributed by atoms with E-state index in [9.17, 15) is 20.4 Å². The minimum atomic E-state index is -0.550. The summed E-state index contributed by atoms with van der Waals surface area (Å²) in [5.41, 5.74) is 3.62. The number of hydrogen-bond acceptors (Lipinski definition) is 4. The molecule has 0 spiro atoms. The first-order valence-electron chi connectivity index (χ1n) is 10.6. The molecule has 0 radical (unpaired) electrons. The summed E-state index contributed by atoms with van der Waals surface area (Å²) in [5, 5.41) is 39.3. The zero-order valence-corrected chi connectivity index (χ0v) is 17.6. The van der Waals surface area contributed by atoms with E-state index < -0.39 is 5.41 Å². The number of phenols is 4. The Balaban J connectivity index is 1.81. The molecule has 0 heterocycles. The van der Waals surface area contributed by atoms with Crippen molar-refractivity contribution in [3.63, 3.8) is 0 Å². The highest BCUT2D eigenvalue weighted by atomic mass is 16.3. The molecule has 0 aromatic heterocycles. The van der Waals surface area contributed by atoms with Gasteiger partial charge in [0.05, 0.1) is 0 Å². The van der Waals surface area contributed by atoms with Crippen molar-refractivity contribution >= 4 is 0 Å². The number of benzene rings is 4. The van der Waals surface area contributed by atoms with Gasteiger partial charge >= 0.3 is 0 Å². The number of hydrogen-bond donors (Lipinski definition) is 4. The lowest BCUT2D eigenvalue weighted by Gasteiger charge is -2.36. The molecule has 32 heavy (non-hydrogen) atoms. The van der Waals surface area contributed by atoms with Gasteiger partial charge in [-0.25, -0.2) is 0 Å². The van der Waals surface area contributed by atoms with Gasteiger partial charge in [0.1, 0.15) is 23.0 Å². The zero-order chi connectivity index (χ0) is 22.6. The fourth-order valence-corrected chi connectivity index (χ4v) is 4.39. The maximum Gasteiger partial charge on any atom is 0.115 e. The second-order valence-electron chi connectivity index (χ2n) is 8.07. The van der Waals surface area contributed by atoms with Crippen LogP contribution >= 0.6 is 0 Å². The van der Waals surface area contributed by atoms with Gasteiger partial charge in [0.2, 0.25) is 0 Å². The molecule has 4 nitrogen and oxygen atoms in total. The summed E-state index contributed by atoms with van der Waals surface area (Å²) in [6.45, 7) is 0. The van der Waals surface area contributed by atoms with Crippen molar-refractivity contribution < 1.29 is 20.4 Å². The molecule has 4 N–H and O–H groups in total. The fraction of sp³-hybridized carbons (Fsp3) is 0.143. The first-order chi connectivity index (χ1) is 15.5. The maximum absolute atomic E-state index is 9.90. The Hall–Kier alpha value is -3.92. The van der Waals surface area contributed by atoms with E-state index in [-0.39, 0.29) is 23.0 Å². The maximum atomic E-state index is 9.90. The molecule has 0 fully saturated rings. The van der Waals surface area contributed by atoms with Crippen LogP contribution in [0.5, 0.6) is 23.0 Å². The van der Waals surface area contributed by atoms with E-state index in [0.717, 1.165) is 41.5 Å². The number of phenolic OH excluding ortho intramolecular Hbond substituents is 4. The molecule has 4 rings (SSSR count). The smallest absolute Gasteiger partial charge is 0.115 e. The molecule has 0 aliphatic heterocycles. The normalized spacial score (nSPS) is 11.4. The molecule has 0 bridgehead atoms. The van der Waals surface area contributed by atoms with Gasteiger partial charge in [0.25, 0.3) is 0 Å². The molecule has 4 heteroatoms. The quantitative estimate of drug-likeness (QED) is 0.279. The Morgan fingerprint density at radius 1 is 0.438 bits per heavy atom. The van der Waals surface area contributed by atoms with E-state index in [1.165, 1.54) is 0 Å². The van der Waals surface area contributed by atoms with Crippen LogP contribution < -0.4 is 0 Å². The highest BCUT2D eigenvalue weighted by Crippen LogP contribution is 2.44. The van der Waals surface area contributed by atoms with E-state index in [4.69, 9.17) is 0 Å². The van der Waals surface area contributed by atoms with Crippen LogP contribution in [0.4, 0.5) is 0 Å². The number of aromatic hydroxyl groups is 4. The third kappa shape index (κ3) is 4.40. The molecule has 0 saturated carbocycles. The first kappa shape index (κ1) is 21.3. The molecule has 4 aromatic carbocycles. The Bertz CT molecular complexity index is 1040. The minimum absolute atomic E-state index is 0.197. The fourth-order valence-electron chi connectivity index (χ4n) is 4.39. The molecule has 0 saturated heterocycles. The van der Waals surface area contributed by atoms with Crippen LogP contribution in [0.1, 0.15) is 35.1 Å². The molecule has 0 aliphatic rings. The van der Waals surface area contributed by atoms with E-state index >= 15 is 0 Å². The highest BCUT2D eigenvalue weighted by Gasteiger charge is 2.36. The molecular formula is C28H26O4. The first-order valence-corrected chi connectivity index (χ1v) is 10.6. The third-order valence-corrected chi connectivity index (χ3v) is 6.03. The molecule has 4 aromatic rings. The van der Waals surface area contributed by atoms with Gasteiger partial charge in [0, 0.05) is 5.41 Å². The van der Waals surface area contributed by atoms with Gasteiger partial charge in [-0.3, -0.25) is 0 Å². The molecule has 0 unspecified atom stereocenters. The standard InChI is InChI=1S/C28H26O4/c29-24-11-3-20(4-12-24)2-1-19-28(21-5-13-25(30)14-6-21,22-7-15-26(31)16-8-22)23-9-17-27(32)18-10-23/h3-18,29-32H,1-2,19H2. The Labute approximate surface area is 187 Å². The molecule has 162 valence electrons. The summed E-state index contributed by atoms with van der Waals surface area (Å²) in [7, 11) is 0. The average molecular weight is 427 g/mol. The largest absolute Gasteiger partial charge is 0.508 e. The predicted octanol–water partition coefficient (Wildman–Crippen LogP) is 5.87. The summed E-state index contributed by atoms with van der Waals surface area (Å²) in [6.07, 6.45) is 2.44. The van der Waals surface area contributed by atoms with Crippen molar-refractivity contribution in [2.45, 2.75) is 24.7 Å². The average Bonchev–Trinajstić information content (AvgIpc) is 2.80. The van der Waals surface area contributed by atoms with Crippen LogP contribution in [0.2, 0.25) is 0 Å². The lowest BCUT2D eigenvalue weighted by Crippen LogP contribution is -2.29. The predicted molar refractivity (Wildman–Crippen MR) is 125 cm³/mol. The summed E-state index contributed by atoms with van der Waals surface area (Å²) in [6, 6.07) is 28.9. The summed E-state index contributed by atoms with van der Waals surface area (Å²) >= 11 is 0. The van der Waals surface area contributed by atoms with Gasteiger partial charge in [-0.15, -0.1) is 0 Å². The monoisotopic (exact) mass is 426 g/mol. The van der Waals surface area contributed by atoms with E-state index in [1.54, 1.807) is 48.5 Å². The van der Waals surface area contributed by atoms with E-state index in [0.29, 0.717) is 0 Å². The molecule has 0 aliphatic carbocycles. The summed E-state index contributed by atoms with van der Waals surface area (Å²) in [5.74, 6) is 0.842. The van der Waals surface area contributed by atoms with Crippen molar-refractivity contribution in [2.75, 3.05) is 0 Å². The molecule has 0 atom stereocenters. The lowest BCUT2D eigenvalue weighted by molar-refractivity contribution is 0.470. The van der Waals surface area contributed by atoms with Crippen LogP contribution in [0.3, 0.4) is 0 Å². The SMILES string of the molecule is Oc1ccc(CCCC(c2ccc(O)cc2)(c2ccc(O)cc2)c2ccc(O)cc2)cc1. The van der Waals surface area contributed by atoms with Gasteiger partial charge in [-0.05, 0) is 90.0 Å². The Morgan fingerprint density at radius 3 is 1.09 bits per heavy atom. The molecule has 0 amide bonds. The second kappa shape index (κ2) is 9.06. The van der Waals surface area contributed by atoms with Gasteiger partial charge in [-0.1, -0.05) is 48.5 Å². The Morgan fingerprint density at radius 2 is 0.750 bits per heavy atom. The third-order valence-electron chi connectivity index (χ3n) is 6.03. The van der Waals surface area contributed by atoms with Crippen molar-refractivity contribution in [1.29, 1.82) is 0 Å². The van der Waals surface area contributed by atoms with Crippen molar-refractivity contribution in [1.82, 2.24) is 0 Å². The number of rotatable bonds is 7. The topological polar surface area (TPSA) is 80.9 Å².